The molecule has 1 aromatic carbocycles. The number of hydrogen-bond acceptors (Lipinski definition) is 4. The first kappa shape index (κ1) is 15.5. The molecule has 0 unspecified atom stereocenters. The summed E-state index contributed by atoms with van der Waals surface area (Å²) in [6, 6.07) is 3.47. The minimum Gasteiger partial charge on any atom is -0.476 e. The summed E-state index contributed by atoms with van der Waals surface area (Å²) in [6.45, 7) is 0. The van der Waals surface area contributed by atoms with Gasteiger partial charge in [0.25, 0.3) is 0 Å². The highest BCUT2D eigenvalue weighted by Crippen LogP contribution is 2.31. The predicted molar refractivity (Wildman–Crippen MR) is 73.7 cm³/mol. The molecule has 2 aromatic rings. The number of carbonyl (C=O) groups is 1. The van der Waals surface area contributed by atoms with Crippen LogP contribution in [0, 0.1) is 5.82 Å². The van der Waals surface area contributed by atoms with Crippen LogP contribution in [0.2, 0.25) is 5.02 Å². The van der Waals surface area contributed by atoms with Crippen LogP contribution >= 0.6 is 11.6 Å². The second-order valence-corrected chi connectivity index (χ2v) is 6.74. The molecule has 0 saturated heterocycles. The molecule has 0 atom stereocenters. The van der Waals surface area contributed by atoms with Gasteiger partial charge in [-0.15, -0.1) is 0 Å². The Morgan fingerprint density at radius 2 is 2.00 bits per heavy atom. The van der Waals surface area contributed by atoms with Crippen molar-refractivity contribution < 1.29 is 22.7 Å². The van der Waals surface area contributed by atoms with Crippen molar-refractivity contribution in [2.45, 2.75) is 4.90 Å². The number of nitrogens with zero attached hydrogens (tertiary/aromatic N) is 2. The molecule has 0 aliphatic rings. The summed E-state index contributed by atoms with van der Waals surface area (Å²) in [5, 5.41) is 12.4. The normalized spacial score (nSPS) is 11.6. The molecular formula is C12H10ClFN2O4S. The van der Waals surface area contributed by atoms with E-state index in [1.807, 2.05) is 0 Å². The summed E-state index contributed by atoms with van der Waals surface area (Å²) in [5.41, 5.74) is 0.317. The third-order valence-corrected chi connectivity index (χ3v) is 4.33. The van der Waals surface area contributed by atoms with Crippen molar-refractivity contribution in [1.82, 2.24) is 9.78 Å². The zero-order valence-corrected chi connectivity index (χ0v) is 12.5. The van der Waals surface area contributed by atoms with E-state index in [1.54, 1.807) is 0 Å². The van der Waals surface area contributed by atoms with Gasteiger partial charge in [0.15, 0.2) is 15.5 Å². The molecule has 0 bridgehead atoms. The van der Waals surface area contributed by atoms with Gasteiger partial charge in [-0.1, -0.05) is 11.6 Å². The van der Waals surface area contributed by atoms with Crippen molar-refractivity contribution in [2.24, 2.45) is 7.05 Å². The van der Waals surface area contributed by atoms with Crippen LogP contribution in [-0.2, 0) is 16.9 Å². The van der Waals surface area contributed by atoms with Gasteiger partial charge in [0.2, 0.25) is 0 Å². The molecule has 1 heterocycles. The monoisotopic (exact) mass is 332 g/mol. The number of rotatable bonds is 3. The zero-order valence-electron chi connectivity index (χ0n) is 11.0. The van der Waals surface area contributed by atoms with Crippen molar-refractivity contribution in [1.29, 1.82) is 0 Å². The van der Waals surface area contributed by atoms with E-state index >= 15 is 0 Å². The first-order chi connectivity index (χ1) is 9.61. The lowest BCUT2D eigenvalue weighted by atomic mass is 10.1. The predicted octanol–water partition coefficient (Wildman–Crippen LogP) is 1.98. The van der Waals surface area contributed by atoms with Crippen LogP contribution in [0.15, 0.2) is 23.1 Å². The molecule has 0 aliphatic carbocycles. The second kappa shape index (κ2) is 5.12. The van der Waals surface area contributed by atoms with Gasteiger partial charge in [0, 0.05) is 18.9 Å². The van der Waals surface area contributed by atoms with Crippen LogP contribution in [0.1, 0.15) is 10.5 Å². The number of hydrogen-bond donors (Lipinski definition) is 1. The first-order valence-corrected chi connectivity index (χ1v) is 7.85. The lowest BCUT2D eigenvalue weighted by molar-refractivity contribution is 0.0689. The van der Waals surface area contributed by atoms with Crippen LogP contribution < -0.4 is 0 Å². The smallest absolute Gasteiger partial charge is 0.356 e. The van der Waals surface area contributed by atoms with E-state index in [-0.39, 0.29) is 16.3 Å². The lowest BCUT2D eigenvalue weighted by Gasteiger charge is -2.07. The fraction of sp³-hybridized carbons (Fsp3) is 0.167. The molecule has 21 heavy (non-hydrogen) atoms. The number of carboxylic acid groups (broad SMARTS) is 1. The lowest BCUT2D eigenvalue weighted by Crippen LogP contribution is -2.03. The fourth-order valence-electron chi connectivity index (χ4n) is 1.90. The molecule has 1 N–H and O–H groups in total. The Labute approximate surface area is 124 Å². The standard InChI is InChI=1S/C12H10ClFN2O4S/c1-16-10(5-9(15-16)12(17)18)6-3-7(13)11(8(14)4-6)21(2,19)20/h3-5H,1-2H3,(H,17,18). The largest absolute Gasteiger partial charge is 0.476 e. The van der Waals surface area contributed by atoms with Gasteiger partial charge in [0.1, 0.15) is 10.7 Å². The topological polar surface area (TPSA) is 89.3 Å². The maximum absolute atomic E-state index is 14.0. The molecule has 9 heteroatoms. The highest BCUT2D eigenvalue weighted by molar-refractivity contribution is 7.90. The number of halogens is 2. The molecule has 0 saturated carbocycles. The van der Waals surface area contributed by atoms with Crippen molar-refractivity contribution in [2.75, 3.05) is 6.26 Å². The molecule has 112 valence electrons. The van der Waals surface area contributed by atoms with Crippen molar-refractivity contribution in [3.63, 3.8) is 0 Å². The number of aromatic nitrogens is 2. The summed E-state index contributed by atoms with van der Waals surface area (Å²) in [4.78, 5) is 10.3. The number of carboxylic acids is 1. The van der Waals surface area contributed by atoms with Crippen LogP contribution in [0.4, 0.5) is 4.39 Å². The minimum atomic E-state index is -3.80. The highest BCUT2D eigenvalue weighted by atomic mass is 35.5. The van der Waals surface area contributed by atoms with Crippen LogP contribution in [0.3, 0.4) is 0 Å². The van der Waals surface area contributed by atoms with Gasteiger partial charge in [-0.25, -0.2) is 17.6 Å². The Morgan fingerprint density at radius 1 is 1.38 bits per heavy atom. The molecule has 6 nitrogen and oxygen atoms in total. The SMILES string of the molecule is Cn1nc(C(=O)O)cc1-c1cc(F)c(S(C)(=O)=O)c(Cl)c1. The Kier molecular flexibility index (Phi) is 3.77. The third-order valence-electron chi connectivity index (χ3n) is 2.76. The number of aryl methyl sites for hydroxylation is 1. The maximum Gasteiger partial charge on any atom is 0.356 e. The molecule has 0 spiro atoms. The molecule has 0 radical (unpaired) electrons. The van der Waals surface area contributed by atoms with Gasteiger partial charge in [-0.2, -0.15) is 5.10 Å². The van der Waals surface area contributed by atoms with Gasteiger partial charge in [0.05, 0.1) is 10.7 Å². The summed E-state index contributed by atoms with van der Waals surface area (Å²) in [6.07, 6.45) is 0.851. The molecular weight excluding hydrogens is 323 g/mol. The summed E-state index contributed by atoms with van der Waals surface area (Å²) < 4.78 is 38.2. The van der Waals surface area contributed by atoms with E-state index < -0.39 is 26.5 Å². The van der Waals surface area contributed by atoms with Gasteiger partial charge in [-0.05, 0) is 18.2 Å². The maximum atomic E-state index is 14.0. The molecule has 0 aliphatic heterocycles. The molecule has 2 rings (SSSR count). The van der Waals surface area contributed by atoms with E-state index in [4.69, 9.17) is 16.7 Å². The average Bonchev–Trinajstić information content (AvgIpc) is 2.68. The number of aromatic carboxylic acids is 1. The van der Waals surface area contributed by atoms with E-state index in [0.29, 0.717) is 5.69 Å². The van der Waals surface area contributed by atoms with Crippen LogP contribution in [0.5, 0.6) is 0 Å². The average molecular weight is 333 g/mol. The summed E-state index contributed by atoms with van der Waals surface area (Å²) in [5.74, 6) is -2.23. The van der Waals surface area contributed by atoms with E-state index in [2.05, 4.69) is 5.10 Å². The van der Waals surface area contributed by atoms with Crippen molar-refractivity contribution in [3.8, 4) is 11.3 Å². The Morgan fingerprint density at radius 3 is 2.43 bits per heavy atom. The van der Waals surface area contributed by atoms with E-state index in [0.717, 1.165) is 12.3 Å². The number of sulfone groups is 1. The highest BCUT2D eigenvalue weighted by Gasteiger charge is 2.21. The Bertz CT molecular complexity index is 822. The molecule has 1 aromatic heterocycles. The summed E-state index contributed by atoms with van der Waals surface area (Å²) >= 11 is 5.83. The first-order valence-electron chi connectivity index (χ1n) is 5.58. The number of benzene rings is 1. The van der Waals surface area contributed by atoms with Gasteiger partial charge < -0.3 is 5.11 Å². The summed E-state index contributed by atoms with van der Waals surface area (Å²) in [7, 11) is -2.32. The zero-order chi connectivity index (χ0) is 15.9. The van der Waals surface area contributed by atoms with Crippen molar-refractivity contribution >= 4 is 27.4 Å². The van der Waals surface area contributed by atoms with Crippen molar-refractivity contribution in [3.05, 3.63) is 34.7 Å². The quantitative estimate of drug-likeness (QED) is 0.928. The van der Waals surface area contributed by atoms with Gasteiger partial charge in [-0.3, -0.25) is 4.68 Å². The molecule has 0 amide bonds. The second-order valence-electron chi connectivity index (χ2n) is 4.38. The van der Waals surface area contributed by atoms with E-state index in [1.165, 1.54) is 23.9 Å². The minimum absolute atomic E-state index is 0.212. The van der Waals surface area contributed by atoms with E-state index in [9.17, 15) is 17.6 Å². The Balaban J connectivity index is 2.65. The third kappa shape index (κ3) is 2.91. The molecule has 0 fully saturated rings. The Hall–Kier alpha value is -1.93. The van der Waals surface area contributed by atoms with Crippen LogP contribution in [-0.4, -0.2) is 35.5 Å². The fourth-order valence-corrected chi connectivity index (χ4v) is 3.36. The van der Waals surface area contributed by atoms with Gasteiger partial charge >= 0.3 is 5.97 Å². The van der Waals surface area contributed by atoms with Crippen LogP contribution in [0.25, 0.3) is 11.3 Å².